The van der Waals surface area contributed by atoms with E-state index < -0.39 is 11.9 Å². The largest absolute Gasteiger partial charge is 0.478 e. The minimum Gasteiger partial charge on any atom is -0.478 e. The zero-order chi connectivity index (χ0) is 19.8. The average Bonchev–Trinajstić information content (AvgIpc) is 3.04. The fourth-order valence-electron chi connectivity index (χ4n) is 3.56. The normalized spacial score (nSPS) is 14.5. The highest BCUT2D eigenvalue weighted by Gasteiger charge is 2.24. The van der Waals surface area contributed by atoms with Crippen molar-refractivity contribution in [2.24, 2.45) is 12.8 Å². The Bertz CT molecular complexity index is 1070. The number of rotatable bonds is 4. The van der Waals surface area contributed by atoms with E-state index in [1.807, 2.05) is 16.5 Å². The molecule has 9 heteroatoms. The molecular formula is C19H20N6O3. The molecule has 0 unspecified atom stereocenters. The molecule has 3 heterocycles. The smallest absolute Gasteiger partial charge is 0.335 e. The molecule has 28 heavy (non-hydrogen) atoms. The molecule has 0 aliphatic carbocycles. The number of benzene rings is 1. The van der Waals surface area contributed by atoms with E-state index >= 15 is 0 Å². The number of anilines is 2. The Morgan fingerprint density at radius 3 is 2.50 bits per heavy atom. The summed E-state index contributed by atoms with van der Waals surface area (Å²) in [5.74, 6) is -0.0717. The molecule has 144 valence electrons. The van der Waals surface area contributed by atoms with Gasteiger partial charge < -0.3 is 25.2 Å². The van der Waals surface area contributed by atoms with Crippen LogP contribution in [-0.4, -0.2) is 57.7 Å². The molecule has 0 bridgehead atoms. The summed E-state index contributed by atoms with van der Waals surface area (Å²) in [4.78, 5) is 36.0. The van der Waals surface area contributed by atoms with Gasteiger partial charge >= 0.3 is 5.97 Å². The summed E-state index contributed by atoms with van der Waals surface area (Å²) in [5.41, 5.74) is 7.63. The first kappa shape index (κ1) is 17.8. The maximum absolute atomic E-state index is 11.7. The van der Waals surface area contributed by atoms with Gasteiger partial charge in [-0.05, 0) is 30.3 Å². The lowest BCUT2D eigenvalue weighted by molar-refractivity contribution is 0.0696. The van der Waals surface area contributed by atoms with Crippen molar-refractivity contribution >= 4 is 34.7 Å². The number of carboxylic acid groups (broad SMARTS) is 1. The van der Waals surface area contributed by atoms with Crippen molar-refractivity contribution in [3.63, 3.8) is 0 Å². The van der Waals surface area contributed by atoms with Gasteiger partial charge in [-0.2, -0.15) is 0 Å². The number of nitrogens with two attached hydrogens (primary N) is 1. The number of piperazine rings is 1. The number of primary amides is 1. The van der Waals surface area contributed by atoms with Crippen molar-refractivity contribution in [3.05, 3.63) is 47.7 Å². The maximum atomic E-state index is 11.7. The van der Waals surface area contributed by atoms with Crippen LogP contribution in [0.4, 0.5) is 11.8 Å². The predicted octanol–water partition coefficient (Wildman–Crippen LogP) is 1.09. The van der Waals surface area contributed by atoms with Crippen molar-refractivity contribution in [1.82, 2.24) is 14.5 Å². The minimum absolute atomic E-state index is 0.219. The van der Waals surface area contributed by atoms with Crippen LogP contribution < -0.4 is 15.5 Å². The van der Waals surface area contributed by atoms with Gasteiger partial charge in [0.1, 0.15) is 5.82 Å². The van der Waals surface area contributed by atoms with E-state index in [1.165, 1.54) is 0 Å². The summed E-state index contributed by atoms with van der Waals surface area (Å²) in [5, 5.41) is 9.18. The molecule has 1 aromatic carbocycles. The summed E-state index contributed by atoms with van der Waals surface area (Å²) in [6.45, 7) is 2.72. The van der Waals surface area contributed by atoms with Crippen LogP contribution in [0.25, 0.3) is 11.0 Å². The van der Waals surface area contributed by atoms with Gasteiger partial charge in [0.2, 0.25) is 5.95 Å². The first-order valence-electron chi connectivity index (χ1n) is 8.90. The third-order valence-electron chi connectivity index (χ3n) is 5.02. The van der Waals surface area contributed by atoms with Crippen LogP contribution >= 0.6 is 0 Å². The molecule has 3 N–H and O–H groups in total. The van der Waals surface area contributed by atoms with Gasteiger partial charge in [-0.1, -0.05) is 0 Å². The van der Waals surface area contributed by atoms with Gasteiger partial charge in [-0.15, -0.1) is 0 Å². The predicted molar refractivity (Wildman–Crippen MR) is 105 cm³/mol. The number of imidazole rings is 1. The summed E-state index contributed by atoms with van der Waals surface area (Å²) in [6, 6.07) is 8.33. The maximum Gasteiger partial charge on any atom is 0.335 e. The summed E-state index contributed by atoms with van der Waals surface area (Å²) in [6.07, 6.45) is 1.65. The standard InChI is InChI=1S/C19H20N6O3/c1-23-15-5-4-12(18(27)28)11-14(15)22-19(23)25-9-7-24(8-10-25)17-13(16(20)26)3-2-6-21-17/h2-6,11H,7-10H2,1H3,(H2,20,26)(H,27,28). The monoisotopic (exact) mass is 380 g/mol. The highest BCUT2D eigenvalue weighted by molar-refractivity contribution is 5.97. The Morgan fingerprint density at radius 1 is 1.11 bits per heavy atom. The number of carbonyl (C=O) groups is 2. The lowest BCUT2D eigenvalue weighted by Crippen LogP contribution is -2.48. The number of aromatic nitrogens is 3. The Morgan fingerprint density at radius 2 is 1.82 bits per heavy atom. The first-order valence-corrected chi connectivity index (χ1v) is 8.90. The van der Waals surface area contributed by atoms with Gasteiger partial charge in [0, 0.05) is 39.4 Å². The topological polar surface area (TPSA) is 118 Å². The number of hydrogen-bond donors (Lipinski definition) is 2. The van der Waals surface area contributed by atoms with Crippen LogP contribution in [0.15, 0.2) is 36.5 Å². The van der Waals surface area contributed by atoms with Gasteiger partial charge in [0.15, 0.2) is 0 Å². The van der Waals surface area contributed by atoms with Gasteiger partial charge in [0.25, 0.3) is 5.91 Å². The van der Waals surface area contributed by atoms with Crippen LogP contribution in [0.1, 0.15) is 20.7 Å². The molecule has 1 aliphatic rings. The number of carboxylic acids is 1. The molecule has 3 aromatic rings. The highest BCUT2D eigenvalue weighted by Crippen LogP contribution is 2.25. The van der Waals surface area contributed by atoms with E-state index in [4.69, 9.17) is 5.73 Å². The van der Waals surface area contributed by atoms with Crippen LogP contribution in [0.5, 0.6) is 0 Å². The van der Waals surface area contributed by atoms with Crippen molar-refractivity contribution in [2.45, 2.75) is 0 Å². The molecule has 0 saturated carbocycles. The molecular weight excluding hydrogens is 360 g/mol. The number of fused-ring (bicyclic) bond motifs is 1. The lowest BCUT2D eigenvalue weighted by atomic mass is 10.2. The first-order chi connectivity index (χ1) is 13.5. The molecule has 9 nitrogen and oxygen atoms in total. The van der Waals surface area contributed by atoms with Gasteiger partial charge in [-0.25, -0.2) is 14.8 Å². The van der Waals surface area contributed by atoms with E-state index in [0.717, 1.165) is 11.5 Å². The molecule has 1 fully saturated rings. The number of hydrogen-bond acceptors (Lipinski definition) is 6. The van der Waals surface area contributed by atoms with E-state index in [9.17, 15) is 14.7 Å². The Kier molecular flexibility index (Phi) is 4.34. The zero-order valence-corrected chi connectivity index (χ0v) is 15.4. The third kappa shape index (κ3) is 3.00. The lowest BCUT2D eigenvalue weighted by Gasteiger charge is -2.36. The average molecular weight is 380 g/mol. The molecule has 2 aromatic heterocycles. The highest BCUT2D eigenvalue weighted by atomic mass is 16.4. The Balaban J connectivity index is 1.57. The Labute approximate surface area is 161 Å². The molecule has 1 saturated heterocycles. The van der Waals surface area contributed by atoms with Crippen LogP contribution in [0.2, 0.25) is 0 Å². The third-order valence-corrected chi connectivity index (χ3v) is 5.02. The minimum atomic E-state index is -0.969. The molecule has 0 atom stereocenters. The van der Waals surface area contributed by atoms with Crippen LogP contribution in [-0.2, 0) is 7.05 Å². The fourth-order valence-corrected chi connectivity index (χ4v) is 3.56. The second-order valence-electron chi connectivity index (χ2n) is 6.69. The van der Waals surface area contributed by atoms with Crippen molar-refractivity contribution in [1.29, 1.82) is 0 Å². The number of pyridine rings is 1. The van der Waals surface area contributed by atoms with Crippen molar-refractivity contribution < 1.29 is 14.7 Å². The number of aryl methyl sites for hydroxylation is 1. The van der Waals surface area contributed by atoms with Gasteiger partial charge in [0.05, 0.1) is 22.2 Å². The molecule has 1 aliphatic heterocycles. The summed E-state index contributed by atoms with van der Waals surface area (Å²) >= 11 is 0. The summed E-state index contributed by atoms with van der Waals surface area (Å²) in [7, 11) is 1.92. The molecule has 0 radical (unpaired) electrons. The molecule has 1 amide bonds. The number of amides is 1. The van der Waals surface area contributed by atoms with Crippen LogP contribution in [0, 0.1) is 0 Å². The number of nitrogens with zero attached hydrogens (tertiary/aromatic N) is 5. The quantitative estimate of drug-likeness (QED) is 0.696. The zero-order valence-electron chi connectivity index (χ0n) is 15.4. The Hall–Kier alpha value is -3.62. The fraction of sp³-hybridized carbons (Fsp3) is 0.263. The van der Waals surface area contributed by atoms with E-state index in [-0.39, 0.29) is 5.56 Å². The number of aromatic carboxylic acids is 1. The second kappa shape index (κ2) is 6.84. The van der Waals surface area contributed by atoms with Crippen LogP contribution in [0.3, 0.4) is 0 Å². The molecule has 4 rings (SSSR count). The van der Waals surface area contributed by atoms with E-state index in [0.29, 0.717) is 43.1 Å². The second-order valence-corrected chi connectivity index (χ2v) is 6.69. The number of carbonyl (C=O) groups excluding carboxylic acids is 1. The molecule has 0 spiro atoms. The summed E-state index contributed by atoms with van der Waals surface area (Å²) < 4.78 is 1.96. The van der Waals surface area contributed by atoms with Crippen molar-refractivity contribution in [2.75, 3.05) is 36.0 Å². The van der Waals surface area contributed by atoms with E-state index in [1.54, 1.807) is 36.5 Å². The van der Waals surface area contributed by atoms with Gasteiger partial charge in [-0.3, -0.25) is 4.79 Å². The van der Waals surface area contributed by atoms with Crippen molar-refractivity contribution in [3.8, 4) is 0 Å². The SMILES string of the molecule is Cn1c(N2CCN(c3ncccc3C(N)=O)CC2)nc2cc(C(=O)O)ccc21. The van der Waals surface area contributed by atoms with E-state index in [2.05, 4.69) is 14.9 Å².